The lowest BCUT2D eigenvalue weighted by molar-refractivity contribution is 0.0805. The number of phosphoric ester groups is 1. The van der Waals surface area contributed by atoms with E-state index in [-0.39, 0.29) is 74.1 Å². The highest BCUT2D eigenvalue weighted by Crippen LogP contribution is 2.49. The van der Waals surface area contributed by atoms with E-state index in [1.165, 1.54) is 75.9 Å². The number of ether oxygens (including phenoxy) is 6. The minimum Gasteiger partial charge on any atom is -0.504 e. The highest BCUT2D eigenvalue weighted by Gasteiger charge is 2.27. The largest absolute Gasteiger partial charge is 0.504 e. The van der Waals surface area contributed by atoms with Crippen molar-refractivity contribution in [2.24, 2.45) is 0 Å². The standard InChI is InChI=1S/C27H33O13P/c1-32-25-16-19(4-7-22(25)28)35-10-13-38-41(31,39-14-11-36-20-5-8-23(29)26(17-20)33-2)40-15-12-37-21-6-9-24(30)27(18-21)34-3/h4-9,16-18,28-30H,10-15H2,1-3H3. The highest BCUT2D eigenvalue weighted by molar-refractivity contribution is 7.48. The van der Waals surface area contributed by atoms with Gasteiger partial charge in [0.05, 0.1) is 41.2 Å². The molecule has 3 rings (SSSR count). The second-order valence-electron chi connectivity index (χ2n) is 7.99. The maximum atomic E-state index is 13.3. The Morgan fingerprint density at radius 3 is 1.07 bits per heavy atom. The van der Waals surface area contributed by atoms with E-state index in [0.29, 0.717) is 17.2 Å². The molecule has 0 amide bonds. The maximum Gasteiger partial charge on any atom is 0.475 e. The van der Waals surface area contributed by atoms with Crippen molar-refractivity contribution < 1.29 is 61.9 Å². The Balaban J connectivity index is 1.53. The SMILES string of the molecule is COc1cc(OCCOP(=O)(OCCOc2ccc(O)c(OC)c2)OCCOc2ccc(O)c(OC)c2)ccc1O. The van der Waals surface area contributed by atoms with Gasteiger partial charge in [-0.2, -0.15) is 0 Å². The number of aromatic hydroxyl groups is 3. The third-order valence-electron chi connectivity index (χ3n) is 5.26. The van der Waals surface area contributed by atoms with E-state index in [2.05, 4.69) is 0 Å². The molecule has 3 aromatic carbocycles. The van der Waals surface area contributed by atoms with Crippen LogP contribution in [0.5, 0.6) is 51.7 Å². The molecular formula is C27H33O13P. The lowest BCUT2D eigenvalue weighted by Gasteiger charge is -2.19. The predicted octanol–water partition coefficient (Wildman–Crippen LogP) is 4.52. The van der Waals surface area contributed by atoms with Crippen molar-refractivity contribution in [2.45, 2.75) is 0 Å². The van der Waals surface area contributed by atoms with Crippen molar-refractivity contribution in [3.8, 4) is 51.7 Å². The summed E-state index contributed by atoms with van der Waals surface area (Å²) in [6.45, 7) is -0.528. The summed E-state index contributed by atoms with van der Waals surface area (Å²) < 4.78 is 61.4. The number of hydrogen-bond donors (Lipinski definition) is 3. The van der Waals surface area contributed by atoms with Crippen molar-refractivity contribution in [1.29, 1.82) is 0 Å². The molecule has 0 spiro atoms. The van der Waals surface area contributed by atoms with Gasteiger partial charge in [-0.1, -0.05) is 0 Å². The predicted molar refractivity (Wildman–Crippen MR) is 146 cm³/mol. The van der Waals surface area contributed by atoms with E-state index in [4.69, 9.17) is 42.0 Å². The lowest BCUT2D eigenvalue weighted by atomic mass is 10.3. The first-order valence-electron chi connectivity index (χ1n) is 12.3. The summed E-state index contributed by atoms with van der Waals surface area (Å²) in [7, 11) is 0.153. The first-order valence-corrected chi connectivity index (χ1v) is 13.8. The van der Waals surface area contributed by atoms with Crippen LogP contribution in [0, 0.1) is 0 Å². The summed E-state index contributed by atoms with van der Waals surface area (Å²) in [6, 6.07) is 13.3. The molecule has 0 aromatic heterocycles. The summed E-state index contributed by atoms with van der Waals surface area (Å²) in [5.41, 5.74) is 0. The molecule has 0 heterocycles. The van der Waals surface area contributed by atoms with Crippen LogP contribution in [0.3, 0.4) is 0 Å². The van der Waals surface area contributed by atoms with Crippen LogP contribution >= 0.6 is 7.82 Å². The monoisotopic (exact) mass is 596 g/mol. The van der Waals surface area contributed by atoms with Gasteiger partial charge in [-0.3, -0.25) is 13.6 Å². The Bertz CT molecular complexity index is 1140. The van der Waals surface area contributed by atoms with Crippen LogP contribution in [-0.4, -0.2) is 76.3 Å². The average Bonchev–Trinajstić information content (AvgIpc) is 2.98. The summed E-state index contributed by atoms with van der Waals surface area (Å²) in [5.74, 6) is 1.78. The van der Waals surface area contributed by atoms with Crippen molar-refractivity contribution in [2.75, 3.05) is 61.0 Å². The van der Waals surface area contributed by atoms with E-state index >= 15 is 0 Å². The molecule has 3 N–H and O–H groups in total. The molecule has 0 atom stereocenters. The molecule has 0 saturated heterocycles. The van der Waals surface area contributed by atoms with Crippen molar-refractivity contribution in [3.05, 3.63) is 54.6 Å². The normalized spacial score (nSPS) is 11.1. The zero-order chi connectivity index (χ0) is 29.7. The molecule has 0 bridgehead atoms. The number of rotatable bonds is 18. The average molecular weight is 597 g/mol. The van der Waals surface area contributed by atoms with Crippen LogP contribution in [-0.2, 0) is 18.1 Å². The summed E-state index contributed by atoms with van der Waals surface area (Å²) >= 11 is 0. The molecule has 0 aliphatic rings. The molecule has 0 radical (unpaired) electrons. The molecule has 0 aliphatic heterocycles. The molecule has 41 heavy (non-hydrogen) atoms. The zero-order valence-electron chi connectivity index (χ0n) is 22.8. The fourth-order valence-electron chi connectivity index (χ4n) is 3.28. The number of phenolic OH excluding ortho intramolecular Hbond substituents is 3. The number of benzene rings is 3. The Kier molecular flexibility index (Phi) is 12.0. The van der Waals surface area contributed by atoms with E-state index in [0.717, 1.165) is 0 Å². The van der Waals surface area contributed by atoms with Gasteiger partial charge in [0, 0.05) is 18.2 Å². The second-order valence-corrected chi connectivity index (χ2v) is 9.66. The fourth-order valence-corrected chi connectivity index (χ4v) is 4.40. The maximum absolute atomic E-state index is 13.3. The van der Waals surface area contributed by atoms with Gasteiger partial charge in [0.1, 0.15) is 37.1 Å². The molecule has 0 fully saturated rings. The fraction of sp³-hybridized carbons (Fsp3) is 0.333. The number of phenols is 3. The van der Waals surface area contributed by atoms with Gasteiger partial charge in [0.2, 0.25) is 0 Å². The Hall–Kier alpha value is -4.03. The lowest BCUT2D eigenvalue weighted by Crippen LogP contribution is -2.13. The molecule has 13 nitrogen and oxygen atoms in total. The minimum atomic E-state index is -4.09. The number of methoxy groups -OCH3 is 3. The number of phosphoric acid groups is 1. The van der Waals surface area contributed by atoms with E-state index < -0.39 is 7.82 Å². The Labute approximate surface area is 237 Å². The quantitative estimate of drug-likeness (QED) is 0.139. The van der Waals surface area contributed by atoms with Gasteiger partial charge in [0.25, 0.3) is 0 Å². The summed E-state index contributed by atoms with van der Waals surface area (Å²) in [4.78, 5) is 0. The van der Waals surface area contributed by atoms with Crippen molar-refractivity contribution in [1.82, 2.24) is 0 Å². The molecule has 14 heteroatoms. The topological polar surface area (TPSA) is 161 Å². The minimum absolute atomic E-state index is 0.0156. The van der Waals surface area contributed by atoms with Crippen LogP contribution in [0.2, 0.25) is 0 Å². The molecule has 0 aliphatic carbocycles. The zero-order valence-corrected chi connectivity index (χ0v) is 23.7. The van der Waals surface area contributed by atoms with Crippen LogP contribution in [0.25, 0.3) is 0 Å². The molecule has 224 valence electrons. The van der Waals surface area contributed by atoms with Gasteiger partial charge < -0.3 is 43.7 Å². The van der Waals surface area contributed by atoms with Gasteiger partial charge in [-0.15, -0.1) is 0 Å². The van der Waals surface area contributed by atoms with Crippen LogP contribution in [0.4, 0.5) is 0 Å². The van der Waals surface area contributed by atoms with E-state index in [1.807, 2.05) is 0 Å². The van der Waals surface area contributed by atoms with Crippen molar-refractivity contribution >= 4 is 7.82 Å². The summed E-state index contributed by atoms with van der Waals surface area (Å²) in [5, 5.41) is 29.1. The second kappa shape index (κ2) is 15.7. The van der Waals surface area contributed by atoms with Gasteiger partial charge in [-0.05, 0) is 36.4 Å². The molecular weight excluding hydrogens is 563 g/mol. The molecule has 0 saturated carbocycles. The number of hydrogen-bond acceptors (Lipinski definition) is 13. The highest BCUT2D eigenvalue weighted by atomic mass is 31.2. The van der Waals surface area contributed by atoms with E-state index in [9.17, 15) is 19.9 Å². The Morgan fingerprint density at radius 1 is 0.512 bits per heavy atom. The van der Waals surface area contributed by atoms with Crippen LogP contribution in [0.1, 0.15) is 0 Å². The van der Waals surface area contributed by atoms with Crippen molar-refractivity contribution in [3.63, 3.8) is 0 Å². The van der Waals surface area contributed by atoms with Gasteiger partial charge in [-0.25, -0.2) is 4.57 Å². The third kappa shape index (κ3) is 9.83. The van der Waals surface area contributed by atoms with Gasteiger partial charge >= 0.3 is 7.82 Å². The Morgan fingerprint density at radius 2 is 0.805 bits per heavy atom. The van der Waals surface area contributed by atoms with Crippen LogP contribution in [0.15, 0.2) is 54.6 Å². The molecule has 3 aromatic rings. The summed E-state index contributed by atoms with van der Waals surface area (Å²) in [6.07, 6.45) is 0. The van der Waals surface area contributed by atoms with Gasteiger partial charge in [0.15, 0.2) is 34.5 Å². The van der Waals surface area contributed by atoms with E-state index in [1.54, 1.807) is 0 Å². The third-order valence-corrected chi connectivity index (χ3v) is 6.75. The van der Waals surface area contributed by atoms with Crippen LogP contribution < -0.4 is 28.4 Å². The molecule has 0 unspecified atom stereocenters. The first-order chi connectivity index (χ1) is 19.8. The first kappa shape index (κ1) is 31.5. The smallest absolute Gasteiger partial charge is 0.475 e.